The Hall–Kier alpha value is -1.55. The van der Waals surface area contributed by atoms with Gasteiger partial charge in [0, 0.05) is 6.54 Å². The molecule has 0 aromatic heterocycles. The maximum Gasteiger partial charge on any atom is 0.410 e. The van der Waals surface area contributed by atoms with Crippen LogP contribution < -0.4 is 0 Å². The number of amides is 1. The third kappa shape index (κ3) is 2.20. The molecule has 2 fully saturated rings. The van der Waals surface area contributed by atoms with Crippen molar-refractivity contribution in [3.8, 4) is 0 Å². The molecular weight excluding hydrogens is 230 g/mol. The molecular formula is C14H17NO3. The molecule has 4 nitrogen and oxygen atoms in total. The van der Waals surface area contributed by atoms with Crippen LogP contribution in [0.25, 0.3) is 0 Å². The van der Waals surface area contributed by atoms with Crippen LogP contribution in [0.4, 0.5) is 4.79 Å². The maximum absolute atomic E-state index is 11.9. The van der Waals surface area contributed by atoms with Crippen molar-refractivity contribution in [2.75, 3.05) is 13.1 Å². The minimum absolute atomic E-state index is 0.0240. The van der Waals surface area contributed by atoms with Gasteiger partial charge in [0.15, 0.2) is 0 Å². The monoisotopic (exact) mass is 247 g/mol. The molecule has 2 saturated heterocycles. The van der Waals surface area contributed by atoms with Gasteiger partial charge in [0.2, 0.25) is 0 Å². The maximum atomic E-state index is 11.9. The second-order valence-electron chi connectivity index (χ2n) is 5.16. The molecule has 0 N–H and O–H groups in total. The van der Waals surface area contributed by atoms with E-state index in [2.05, 4.69) is 6.92 Å². The van der Waals surface area contributed by atoms with Crippen molar-refractivity contribution in [1.82, 2.24) is 4.90 Å². The highest BCUT2D eigenvalue weighted by molar-refractivity contribution is 5.68. The number of piperidine rings is 1. The van der Waals surface area contributed by atoms with Crippen molar-refractivity contribution in [1.29, 1.82) is 0 Å². The lowest BCUT2D eigenvalue weighted by Crippen LogP contribution is -2.42. The van der Waals surface area contributed by atoms with E-state index in [4.69, 9.17) is 9.47 Å². The van der Waals surface area contributed by atoms with Gasteiger partial charge in [-0.1, -0.05) is 30.3 Å². The molecule has 0 aliphatic carbocycles. The Kier molecular flexibility index (Phi) is 2.74. The van der Waals surface area contributed by atoms with Crippen molar-refractivity contribution < 1.29 is 14.3 Å². The lowest BCUT2D eigenvalue weighted by molar-refractivity contribution is 0.0902. The van der Waals surface area contributed by atoms with Crippen LogP contribution in [0.5, 0.6) is 0 Å². The van der Waals surface area contributed by atoms with Crippen LogP contribution in [0.15, 0.2) is 30.3 Å². The summed E-state index contributed by atoms with van der Waals surface area (Å²) in [6, 6.07) is 9.72. The van der Waals surface area contributed by atoms with Crippen molar-refractivity contribution in [2.24, 2.45) is 0 Å². The van der Waals surface area contributed by atoms with Crippen LogP contribution in [-0.2, 0) is 16.1 Å². The quantitative estimate of drug-likeness (QED) is 0.752. The normalized spacial score (nSPS) is 29.6. The summed E-state index contributed by atoms with van der Waals surface area (Å²) in [4.78, 5) is 13.6. The van der Waals surface area contributed by atoms with E-state index < -0.39 is 0 Å². The van der Waals surface area contributed by atoms with E-state index in [1.807, 2.05) is 30.3 Å². The first-order valence-corrected chi connectivity index (χ1v) is 6.31. The molecule has 0 saturated carbocycles. The van der Waals surface area contributed by atoms with Gasteiger partial charge in [-0.15, -0.1) is 0 Å². The number of hydrogen-bond donors (Lipinski definition) is 0. The molecule has 1 aromatic rings. The van der Waals surface area contributed by atoms with Crippen molar-refractivity contribution in [3.05, 3.63) is 35.9 Å². The molecule has 0 spiro atoms. The van der Waals surface area contributed by atoms with Crippen LogP contribution in [0.2, 0.25) is 0 Å². The Bertz CT molecular complexity index is 448. The molecule has 2 heterocycles. The smallest absolute Gasteiger partial charge is 0.410 e. The highest BCUT2D eigenvalue weighted by Crippen LogP contribution is 2.42. The Balaban J connectivity index is 1.50. The molecule has 4 heteroatoms. The standard InChI is InChI=1S/C14H17NO3/c1-14-7-8-15(9-12(14)18-14)13(16)17-10-11-5-3-2-4-6-11/h2-6,12H,7-10H2,1H3/t12-,14+/m1/s1. The first kappa shape index (κ1) is 11.5. The molecule has 2 atom stereocenters. The number of benzene rings is 1. The number of likely N-dealkylation sites (tertiary alicyclic amines) is 1. The summed E-state index contributed by atoms with van der Waals surface area (Å²) in [6.07, 6.45) is 0.866. The first-order valence-electron chi connectivity index (χ1n) is 6.31. The molecule has 96 valence electrons. The summed E-state index contributed by atoms with van der Waals surface area (Å²) < 4.78 is 10.9. The van der Waals surface area contributed by atoms with E-state index in [9.17, 15) is 4.79 Å². The second kappa shape index (κ2) is 4.28. The Morgan fingerprint density at radius 1 is 1.50 bits per heavy atom. The molecule has 3 rings (SSSR count). The van der Waals surface area contributed by atoms with Crippen LogP contribution in [0.3, 0.4) is 0 Å². The number of epoxide rings is 1. The highest BCUT2D eigenvalue weighted by atomic mass is 16.6. The molecule has 1 amide bonds. The van der Waals surface area contributed by atoms with Gasteiger partial charge in [-0.05, 0) is 18.9 Å². The lowest BCUT2D eigenvalue weighted by atomic mass is 9.99. The average Bonchev–Trinajstić information content (AvgIpc) is 3.07. The first-order chi connectivity index (χ1) is 8.67. The summed E-state index contributed by atoms with van der Waals surface area (Å²) >= 11 is 0. The van der Waals surface area contributed by atoms with Gasteiger partial charge in [0.25, 0.3) is 0 Å². The number of rotatable bonds is 2. The minimum atomic E-state index is -0.239. The van der Waals surface area contributed by atoms with Gasteiger partial charge < -0.3 is 14.4 Å². The lowest BCUT2D eigenvalue weighted by Gasteiger charge is -2.26. The summed E-state index contributed by atoms with van der Waals surface area (Å²) in [6.45, 7) is 3.81. The Morgan fingerprint density at radius 3 is 3.00 bits per heavy atom. The van der Waals surface area contributed by atoms with Crippen molar-refractivity contribution in [2.45, 2.75) is 31.7 Å². The number of carbonyl (C=O) groups excluding carboxylic acids is 1. The van der Waals surface area contributed by atoms with E-state index >= 15 is 0 Å². The topological polar surface area (TPSA) is 42.1 Å². The summed E-state index contributed by atoms with van der Waals surface area (Å²) in [5.41, 5.74) is 1.03. The molecule has 2 aliphatic rings. The number of carbonyl (C=O) groups is 1. The molecule has 1 aromatic carbocycles. The molecule has 0 bridgehead atoms. The van der Waals surface area contributed by atoms with Crippen LogP contribution in [-0.4, -0.2) is 35.8 Å². The number of nitrogens with zero attached hydrogens (tertiary/aromatic N) is 1. The van der Waals surface area contributed by atoms with Crippen LogP contribution in [0, 0.1) is 0 Å². The highest BCUT2D eigenvalue weighted by Gasteiger charge is 2.55. The fraction of sp³-hybridized carbons (Fsp3) is 0.500. The number of hydrogen-bond acceptors (Lipinski definition) is 3. The van der Waals surface area contributed by atoms with Crippen molar-refractivity contribution in [3.63, 3.8) is 0 Å². The summed E-state index contributed by atoms with van der Waals surface area (Å²) in [7, 11) is 0. The summed E-state index contributed by atoms with van der Waals surface area (Å²) in [5, 5.41) is 0. The van der Waals surface area contributed by atoms with Gasteiger partial charge in [0.05, 0.1) is 12.1 Å². The molecule has 0 unspecified atom stereocenters. The van der Waals surface area contributed by atoms with E-state index in [-0.39, 0.29) is 17.8 Å². The van der Waals surface area contributed by atoms with Gasteiger partial charge >= 0.3 is 6.09 Å². The average molecular weight is 247 g/mol. The van der Waals surface area contributed by atoms with Crippen molar-refractivity contribution >= 4 is 6.09 Å². The van der Waals surface area contributed by atoms with Gasteiger partial charge in [-0.25, -0.2) is 4.79 Å². The Labute approximate surface area is 106 Å². The largest absolute Gasteiger partial charge is 0.445 e. The zero-order chi connectivity index (χ0) is 12.6. The van der Waals surface area contributed by atoms with E-state index in [1.54, 1.807) is 4.90 Å². The second-order valence-corrected chi connectivity index (χ2v) is 5.16. The molecule has 18 heavy (non-hydrogen) atoms. The predicted molar refractivity (Wildman–Crippen MR) is 66.1 cm³/mol. The SMILES string of the molecule is C[C@]12CCN(C(=O)OCc3ccccc3)C[C@H]1O2. The third-order valence-electron chi connectivity index (χ3n) is 3.76. The zero-order valence-electron chi connectivity index (χ0n) is 10.5. The van der Waals surface area contributed by atoms with Gasteiger partial charge in [-0.2, -0.15) is 0 Å². The van der Waals surface area contributed by atoms with E-state index in [1.165, 1.54) is 0 Å². The fourth-order valence-corrected chi connectivity index (χ4v) is 2.37. The van der Waals surface area contributed by atoms with Crippen LogP contribution in [0.1, 0.15) is 18.9 Å². The van der Waals surface area contributed by atoms with Crippen LogP contribution >= 0.6 is 0 Å². The Morgan fingerprint density at radius 2 is 2.28 bits per heavy atom. The summed E-state index contributed by atoms with van der Waals surface area (Å²) in [5.74, 6) is 0. The zero-order valence-corrected chi connectivity index (χ0v) is 10.5. The number of ether oxygens (including phenoxy) is 2. The predicted octanol–water partition coefficient (Wildman–Crippen LogP) is 2.19. The fourth-order valence-electron chi connectivity index (χ4n) is 2.37. The third-order valence-corrected chi connectivity index (χ3v) is 3.76. The van der Waals surface area contributed by atoms with E-state index in [0.29, 0.717) is 13.2 Å². The van der Waals surface area contributed by atoms with Gasteiger partial charge in [-0.3, -0.25) is 0 Å². The molecule has 0 radical (unpaired) electrons. The van der Waals surface area contributed by atoms with E-state index in [0.717, 1.165) is 18.5 Å². The minimum Gasteiger partial charge on any atom is -0.445 e. The molecule has 2 aliphatic heterocycles. The number of fused-ring (bicyclic) bond motifs is 1. The van der Waals surface area contributed by atoms with Gasteiger partial charge in [0.1, 0.15) is 12.7 Å².